The van der Waals surface area contributed by atoms with Gasteiger partial charge in [0.2, 0.25) is 11.8 Å². The summed E-state index contributed by atoms with van der Waals surface area (Å²) in [6.45, 7) is 0.379. The van der Waals surface area contributed by atoms with E-state index in [9.17, 15) is 9.59 Å². The fourth-order valence-corrected chi connectivity index (χ4v) is 3.38. The van der Waals surface area contributed by atoms with E-state index < -0.39 is 0 Å². The molecule has 6 nitrogen and oxygen atoms in total. The average molecular weight is 367 g/mol. The maximum atomic E-state index is 12.1. The number of thioether (sulfide) groups is 1. The Kier molecular flexibility index (Phi) is 5.77. The number of nitrogens with one attached hydrogen (secondary N) is 1. The number of ether oxygens (including phenoxy) is 1. The highest BCUT2D eigenvalue weighted by atomic mass is 32.2. The molecule has 2 amide bonds. The average Bonchev–Trinajstić information content (AvgIpc) is 3.05. The minimum Gasteiger partial charge on any atom is -0.489 e. The van der Waals surface area contributed by atoms with E-state index in [0.717, 1.165) is 5.56 Å². The van der Waals surface area contributed by atoms with E-state index in [1.807, 2.05) is 12.1 Å². The summed E-state index contributed by atoms with van der Waals surface area (Å²) in [7, 11) is 0. The van der Waals surface area contributed by atoms with Crippen LogP contribution in [0.2, 0.25) is 0 Å². The van der Waals surface area contributed by atoms with E-state index in [4.69, 9.17) is 10.00 Å². The number of benzene rings is 2. The van der Waals surface area contributed by atoms with Crippen molar-refractivity contribution in [1.82, 2.24) is 4.90 Å². The van der Waals surface area contributed by atoms with Crippen molar-refractivity contribution in [2.75, 3.05) is 23.5 Å². The lowest BCUT2D eigenvalue weighted by Gasteiger charge is -2.14. The van der Waals surface area contributed by atoms with Gasteiger partial charge >= 0.3 is 0 Å². The maximum Gasteiger partial charge on any atom is 0.244 e. The summed E-state index contributed by atoms with van der Waals surface area (Å²) in [5.74, 6) is 1.35. The molecule has 1 saturated heterocycles. The highest BCUT2D eigenvalue weighted by Crippen LogP contribution is 2.20. The molecule has 132 valence electrons. The van der Waals surface area contributed by atoms with Gasteiger partial charge in [0.05, 0.1) is 23.3 Å². The van der Waals surface area contributed by atoms with E-state index in [1.54, 1.807) is 36.4 Å². The third kappa shape index (κ3) is 4.77. The molecular formula is C19H17N3O3S. The highest BCUT2D eigenvalue weighted by Gasteiger charge is 2.22. The molecule has 0 bridgehead atoms. The predicted molar refractivity (Wildman–Crippen MR) is 99.6 cm³/mol. The molecule has 0 aliphatic carbocycles. The van der Waals surface area contributed by atoms with Crippen molar-refractivity contribution >= 4 is 29.3 Å². The summed E-state index contributed by atoms with van der Waals surface area (Å²) >= 11 is 1.50. The predicted octanol–water partition coefficient (Wildman–Crippen LogP) is 2.61. The van der Waals surface area contributed by atoms with Gasteiger partial charge in [-0.15, -0.1) is 11.8 Å². The van der Waals surface area contributed by atoms with Crippen molar-refractivity contribution in [1.29, 1.82) is 5.26 Å². The normalized spacial score (nSPS) is 13.3. The van der Waals surface area contributed by atoms with Crippen molar-refractivity contribution in [2.45, 2.75) is 6.61 Å². The maximum absolute atomic E-state index is 12.1. The van der Waals surface area contributed by atoms with E-state index in [-0.39, 0.29) is 18.4 Å². The van der Waals surface area contributed by atoms with Crippen LogP contribution in [0.25, 0.3) is 0 Å². The molecule has 2 aromatic rings. The number of hydrogen-bond acceptors (Lipinski definition) is 5. The summed E-state index contributed by atoms with van der Waals surface area (Å²) in [4.78, 5) is 25.2. The molecule has 3 rings (SSSR count). The van der Waals surface area contributed by atoms with Crippen molar-refractivity contribution < 1.29 is 14.3 Å². The quantitative estimate of drug-likeness (QED) is 0.849. The first kappa shape index (κ1) is 17.8. The minimum absolute atomic E-state index is 0.0122. The Morgan fingerprint density at radius 2 is 2.12 bits per heavy atom. The summed E-state index contributed by atoms with van der Waals surface area (Å²) in [5.41, 5.74) is 2.09. The summed E-state index contributed by atoms with van der Waals surface area (Å²) in [6.07, 6.45) is 0. The number of carbonyl (C=O) groups is 2. The summed E-state index contributed by atoms with van der Waals surface area (Å²) in [5, 5.41) is 11.7. The van der Waals surface area contributed by atoms with Gasteiger partial charge in [-0.2, -0.15) is 5.26 Å². The molecule has 7 heteroatoms. The topological polar surface area (TPSA) is 82.4 Å². The number of hydrogen-bond donors (Lipinski definition) is 1. The molecule has 0 unspecified atom stereocenters. The van der Waals surface area contributed by atoms with Crippen LogP contribution in [-0.4, -0.2) is 34.9 Å². The van der Waals surface area contributed by atoms with Crippen LogP contribution in [-0.2, 0) is 16.2 Å². The number of amides is 2. The van der Waals surface area contributed by atoms with Crippen LogP contribution < -0.4 is 10.1 Å². The SMILES string of the molecule is N#Cc1cccc(COc2cccc(NC(=O)CN3CSCC3=O)c2)c1. The Morgan fingerprint density at radius 1 is 1.27 bits per heavy atom. The number of nitrogens with zero attached hydrogens (tertiary/aromatic N) is 2. The number of rotatable bonds is 6. The first-order chi connectivity index (χ1) is 12.6. The van der Waals surface area contributed by atoms with Gasteiger partial charge in [0.15, 0.2) is 0 Å². The number of anilines is 1. The Bertz CT molecular complexity index is 863. The number of carbonyl (C=O) groups excluding carboxylic acids is 2. The Labute approximate surface area is 155 Å². The van der Waals surface area contributed by atoms with E-state index >= 15 is 0 Å². The van der Waals surface area contributed by atoms with Crippen LogP contribution in [0.3, 0.4) is 0 Å². The fourth-order valence-electron chi connectivity index (χ4n) is 2.48. The Hall–Kier alpha value is -2.98. The molecule has 0 aromatic heterocycles. The van der Waals surface area contributed by atoms with Crippen LogP contribution in [0.4, 0.5) is 5.69 Å². The molecule has 1 fully saturated rings. The lowest BCUT2D eigenvalue weighted by Crippen LogP contribution is -2.34. The molecule has 0 saturated carbocycles. The zero-order valence-corrected chi connectivity index (χ0v) is 14.8. The van der Waals surface area contributed by atoms with Gasteiger partial charge in [-0.3, -0.25) is 9.59 Å². The molecule has 1 N–H and O–H groups in total. The molecule has 1 aliphatic rings. The van der Waals surface area contributed by atoms with Crippen LogP contribution in [0.15, 0.2) is 48.5 Å². The van der Waals surface area contributed by atoms with Crippen molar-refractivity contribution in [3.05, 3.63) is 59.7 Å². The minimum atomic E-state index is -0.236. The largest absolute Gasteiger partial charge is 0.489 e. The van der Waals surface area contributed by atoms with Crippen LogP contribution >= 0.6 is 11.8 Å². The summed E-state index contributed by atoms with van der Waals surface area (Å²) in [6, 6.07) is 16.4. The first-order valence-corrected chi connectivity index (χ1v) is 9.17. The smallest absolute Gasteiger partial charge is 0.244 e. The van der Waals surface area contributed by atoms with Crippen LogP contribution in [0.5, 0.6) is 5.75 Å². The van der Waals surface area contributed by atoms with Gasteiger partial charge in [-0.25, -0.2) is 0 Å². The van der Waals surface area contributed by atoms with Crippen molar-refractivity contribution in [3.63, 3.8) is 0 Å². The second-order valence-electron chi connectivity index (χ2n) is 5.75. The monoisotopic (exact) mass is 367 g/mol. The summed E-state index contributed by atoms with van der Waals surface area (Å²) < 4.78 is 5.74. The third-order valence-corrected chi connectivity index (χ3v) is 4.68. The molecule has 0 radical (unpaired) electrons. The molecule has 0 spiro atoms. The van der Waals surface area contributed by atoms with Crippen molar-refractivity contribution in [2.24, 2.45) is 0 Å². The molecule has 1 heterocycles. The second kappa shape index (κ2) is 8.41. The Balaban J connectivity index is 1.56. The van der Waals surface area contributed by atoms with Crippen LogP contribution in [0, 0.1) is 11.3 Å². The third-order valence-electron chi connectivity index (χ3n) is 3.74. The molecule has 0 atom stereocenters. The standard InChI is InChI=1S/C19H17N3O3S/c20-9-14-3-1-4-15(7-14)11-25-17-6-2-5-16(8-17)21-18(23)10-22-13-26-12-19(22)24/h1-8H,10-13H2,(H,21,23). The van der Waals surface area contributed by atoms with E-state index in [2.05, 4.69) is 11.4 Å². The van der Waals surface area contributed by atoms with Gasteiger partial charge < -0.3 is 15.0 Å². The van der Waals surface area contributed by atoms with Gasteiger partial charge in [0.25, 0.3) is 0 Å². The van der Waals surface area contributed by atoms with Crippen LogP contribution in [0.1, 0.15) is 11.1 Å². The van der Waals surface area contributed by atoms with E-state index in [0.29, 0.717) is 35.2 Å². The first-order valence-electron chi connectivity index (χ1n) is 8.01. The second-order valence-corrected chi connectivity index (χ2v) is 6.70. The number of nitriles is 1. The zero-order valence-electron chi connectivity index (χ0n) is 14.0. The Morgan fingerprint density at radius 3 is 2.88 bits per heavy atom. The lowest BCUT2D eigenvalue weighted by molar-refractivity contribution is -0.130. The van der Waals surface area contributed by atoms with Gasteiger partial charge in [0, 0.05) is 11.8 Å². The van der Waals surface area contributed by atoms with Crippen molar-refractivity contribution in [3.8, 4) is 11.8 Å². The van der Waals surface area contributed by atoms with Gasteiger partial charge in [-0.05, 0) is 29.8 Å². The van der Waals surface area contributed by atoms with Gasteiger partial charge in [0.1, 0.15) is 18.9 Å². The molecule has 26 heavy (non-hydrogen) atoms. The fraction of sp³-hybridized carbons (Fsp3) is 0.211. The lowest BCUT2D eigenvalue weighted by atomic mass is 10.1. The molecular weight excluding hydrogens is 350 g/mol. The van der Waals surface area contributed by atoms with E-state index in [1.165, 1.54) is 16.7 Å². The molecule has 1 aliphatic heterocycles. The zero-order chi connectivity index (χ0) is 18.4. The molecule has 2 aromatic carbocycles. The van der Waals surface area contributed by atoms with Gasteiger partial charge in [-0.1, -0.05) is 18.2 Å². The highest BCUT2D eigenvalue weighted by molar-refractivity contribution is 8.00.